The van der Waals surface area contributed by atoms with Crippen LogP contribution in [0.25, 0.3) is 22.0 Å². The largest absolute Gasteiger partial charge is 0.366 e. The van der Waals surface area contributed by atoms with Crippen LogP contribution in [0.15, 0.2) is 29.8 Å². The van der Waals surface area contributed by atoms with Crippen molar-refractivity contribution in [3.63, 3.8) is 0 Å². The second-order valence-electron chi connectivity index (χ2n) is 10.1. The highest BCUT2D eigenvalue weighted by atomic mass is 32.2. The summed E-state index contributed by atoms with van der Waals surface area (Å²) in [5.41, 5.74) is 9.84. The maximum atomic E-state index is 12.4. The number of aromatic amines is 1. The van der Waals surface area contributed by atoms with E-state index >= 15 is 0 Å². The van der Waals surface area contributed by atoms with Gasteiger partial charge in [0.25, 0.3) is 5.91 Å². The van der Waals surface area contributed by atoms with Crippen molar-refractivity contribution >= 4 is 50.7 Å². The standard InChI is InChI=1S/C28H36N4O5S2/c1-3-39(36,37)32-9-6-19(7-10-32)26-16-30-27-24(26)14-20(15-25(27)28(29)35)21-13-23(38-18-21)17-31(2)22(8-12-34)5-4-11-33/h11-16,18-19,22,30H,3-10,17H2,1-2H3,(H2,29,35). The summed E-state index contributed by atoms with van der Waals surface area (Å²) in [5, 5.41) is 2.98. The summed E-state index contributed by atoms with van der Waals surface area (Å²) in [6.07, 6.45) is 6.56. The van der Waals surface area contributed by atoms with Crippen molar-refractivity contribution in [3.05, 3.63) is 45.8 Å². The summed E-state index contributed by atoms with van der Waals surface area (Å²) in [6, 6.07) is 5.98. The van der Waals surface area contributed by atoms with Crippen molar-refractivity contribution < 1.29 is 22.8 Å². The zero-order chi connectivity index (χ0) is 28.2. The van der Waals surface area contributed by atoms with E-state index in [1.807, 2.05) is 19.3 Å². The van der Waals surface area contributed by atoms with Crippen LogP contribution in [0.5, 0.6) is 0 Å². The van der Waals surface area contributed by atoms with E-state index in [2.05, 4.69) is 27.4 Å². The zero-order valence-corrected chi connectivity index (χ0v) is 24.0. The van der Waals surface area contributed by atoms with Crippen molar-refractivity contribution in [3.8, 4) is 11.1 Å². The number of benzene rings is 1. The zero-order valence-electron chi connectivity index (χ0n) is 22.4. The molecular formula is C28H36N4O5S2. The molecule has 3 heterocycles. The molecule has 1 aliphatic heterocycles. The summed E-state index contributed by atoms with van der Waals surface area (Å²) in [6.45, 7) is 3.27. The number of H-pyrrole nitrogens is 1. The fraction of sp³-hybridized carbons (Fsp3) is 0.464. The number of nitrogens with one attached hydrogen (secondary N) is 1. The molecule has 0 saturated carbocycles. The minimum Gasteiger partial charge on any atom is -0.366 e. The van der Waals surface area contributed by atoms with E-state index in [0.29, 0.717) is 62.8 Å². The lowest BCUT2D eigenvalue weighted by Gasteiger charge is -2.31. The van der Waals surface area contributed by atoms with E-state index in [4.69, 9.17) is 5.73 Å². The number of piperidine rings is 1. The van der Waals surface area contributed by atoms with Gasteiger partial charge in [-0.25, -0.2) is 12.7 Å². The van der Waals surface area contributed by atoms with Crippen molar-refractivity contribution in [2.45, 2.75) is 57.5 Å². The van der Waals surface area contributed by atoms with Crippen LogP contribution in [0.2, 0.25) is 0 Å². The fourth-order valence-corrected chi connectivity index (χ4v) is 7.55. The normalized spacial score (nSPS) is 16.1. The van der Waals surface area contributed by atoms with Crippen LogP contribution in [0, 0.1) is 0 Å². The van der Waals surface area contributed by atoms with Crippen molar-refractivity contribution in [2.24, 2.45) is 5.73 Å². The van der Waals surface area contributed by atoms with Crippen LogP contribution in [-0.2, 0) is 26.2 Å². The first-order valence-corrected chi connectivity index (χ1v) is 15.7. The fourth-order valence-electron chi connectivity index (χ4n) is 5.46. The summed E-state index contributed by atoms with van der Waals surface area (Å²) in [5.74, 6) is -0.239. The van der Waals surface area contributed by atoms with Crippen molar-refractivity contribution in [2.75, 3.05) is 25.9 Å². The molecule has 1 unspecified atom stereocenters. The third-order valence-corrected chi connectivity index (χ3v) is 10.5. The number of carbonyl (C=O) groups excluding carboxylic acids is 3. The number of aromatic nitrogens is 1. The SMILES string of the molecule is CCS(=O)(=O)N1CCC(c2c[nH]c3c(C(N)=O)cc(-c4csc(CN(C)C(CC=O)CCC=O)c4)cc23)CC1. The number of nitrogens with zero attached hydrogens (tertiary/aromatic N) is 2. The molecule has 1 atom stereocenters. The average Bonchev–Trinajstić information content (AvgIpc) is 3.57. The highest BCUT2D eigenvalue weighted by Crippen LogP contribution is 2.38. The van der Waals surface area contributed by atoms with Gasteiger partial charge in [0.15, 0.2) is 0 Å². The Kier molecular flexibility index (Phi) is 9.37. The molecule has 1 fully saturated rings. The van der Waals surface area contributed by atoms with E-state index in [1.165, 1.54) is 0 Å². The number of aldehydes is 2. The minimum atomic E-state index is -3.21. The van der Waals surface area contributed by atoms with Gasteiger partial charge in [-0.15, -0.1) is 11.3 Å². The van der Waals surface area contributed by atoms with E-state index in [0.717, 1.165) is 39.5 Å². The number of carbonyl (C=O) groups is 3. The van der Waals surface area contributed by atoms with Gasteiger partial charge in [-0.05, 0) is 79.4 Å². The Hall–Kier alpha value is -2.86. The van der Waals surface area contributed by atoms with E-state index in [9.17, 15) is 22.8 Å². The third-order valence-electron chi connectivity index (χ3n) is 7.74. The molecule has 0 aliphatic carbocycles. The molecule has 11 heteroatoms. The number of fused-ring (bicyclic) bond motifs is 1. The van der Waals surface area contributed by atoms with Crippen LogP contribution >= 0.6 is 11.3 Å². The maximum absolute atomic E-state index is 12.4. The van der Waals surface area contributed by atoms with Crippen LogP contribution < -0.4 is 5.73 Å². The molecule has 0 bridgehead atoms. The molecule has 0 radical (unpaired) electrons. The Balaban J connectivity index is 1.60. The maximum Gasteiger partial charge on any atom is 0.250 e. The van der Waals surface area contributed by atoms with Gasteiger partial charge in [0.1, 0.15) is 12.6 Å². The second kappa shape index (κ2) is 12.5. The van der Waals surface area contributed by atoms with E-state index < -0.39 is 15.9 Å². The predicted octanol–water partition coefficient (Wildman–Crippen LogP) is 3.89. The number of nitrogens with two attached hydrogens (primary N) is 1. The number of thiophene rings is 1. The van der Waals surface area contributed by atoms with Crippen LogP contribution in [0.4, 0.5) is 0 Å². The highest BCUT2D eigenvalue weighted by Gasteiger charge is 2.29. The predicted molar refractivity (Wildman–Crippen MR) is 154 cm³/mol. The summed E-state index contributed by atoms with van der Waals surface area (Å²) in [7, 11) is -1.25. The number of hydrogen-bond donors (Lipinski definition) is 2. The topological polar surface area (TPSA) is 134 Å². The summed E-state index contributed by atoms with van der Waals surface area (Å²) in [4.78, 5) is 40.8. The van der Waals surface area contributed by atoms with Crippen molar-refractivity contribution in [1.82, 2.24) is 14.2 Å². The van der Waals surface area contributed by atoms with Crippen LogP contribution in [0.3, 0.4) is 0 Å². The Morgan fingerprint density at radius 2 is 1.95 bits per heavy atom. The quantitative estimate of drug-likeness (QED) is 0.299. The molecular weight excluding hydrogens is 536 g/mol. The molecule has 3 aromatic rings. The molecule has 210 valence electrons. The molecule has 1 aromatic carbocycles. The van der Waals surface area contributed by atoms with Gasteiger partial charge in [-0.3, -0.25) is 9.69 Å². The molecule has 3 N–H and O–H groups in total. The van der Waals surface area contributed by atoms with E-state index in [1.54, 1.807) is 22.6 Å². The van der Waals surface area contributed by atoms with Gasteiger partial charge in [-0.1, -0.05) is 0 Å². The molecule has 39 heavy (non-hydrogen) atoms. The van der Waals surface area contributed by atoms with Crippen molar-refractivity contribution in [1.29, 1.82) is 0 Å². The average molecular weight is 573 g/mol. The summed E-state index contributed by atoms with van der Waals surface area (Å²) >= 11 is 1.60. The first-order valence-electron chi connectivity index (χ1n) is 13.3. The third kappa shape index (κ3) is 6.49. The first kappa shape index (κ1) is 29.1. The Bertz CT molecular complexity index is 1440. The molecule has 2 aromatic heterocycles. The number of sulfonamides is 1. The minimum absolute atomic E-state index is 0.00258. The highest BCUT2D eigenvalue weighted by molar-refractivity contribution is 7.89. The first-order chi connectivity index (χ1) is 18.7. The number of primary amides is 1. The molecule has 1 amide bonds. The van der Waals surface area contributed by atoms with E-state index in [-0.39, 0.29) is 17.7 Å². The number of hydrogen-bond acceptors (Lipinski definition) is 7. The van der Waals surface area contributed by atoms with Gasteiger partial charge in [0.05, 0.1) is 16.8 Å². The lowest BCUT2D eigenvalue weighted by Crippen LogP contribution is -2.38. The van der Waals surface area contributed by atoms with Gasteiger partial charge >= 0.3 is 0 Å². The van der Waals surface area contributed by atoms with Gasteiger partial charge in [0, 0.05) is 55.0 Å². The Morgan fingerprint density at radius 1 is 1.21 bits per heavy atom. The number of rotatable bonds is 13. The Labute approximate surface area is 233 Å². The van der Waals surface area contributed by atoms with Crippen LogP contribution in [0.1, 0.15) is 65.7 Å². The van der Waals surface area contributed by atoms with Gasteiger partial charge in [0.2, 0.25) is 10.0 Å². The summed E-state index contributed by atoms with van der Waals surface area (Å²) < 4.78 is 26.2. The molecule has 0 spiro atoms. The number of amides is 1. The lowest BCUT2D eigenvalue weighted by molar-refractivity contribution is -0.110. The molecule has 4 rings (SSSR count). The monoisotopic (exact) mass is 572 g/mol. The smallest absolute Gasteiger partial charge is 0.250 e. The molecule has 1 saturated heterocycles. The second-order valence-corrected chi connectivity index (χ2v) is 13.4. The van der Waals surface area contributed by atoms with Gasteiger partial charge < -0.3 is 20.3 Å². The Morgan fingerprint density at radius 3 is 2.59 bits per heavy atom. The van der Waals surface area contributed by atoms with Gasteiger partial charge in [-0.2, -0.15) is 0 Å². The molecule has 9 nitrogen and oxygen atoms in total. The lowest BCUT2D eigenvalue weighted by atomic mass is 9.88. The van der Waals surface area contributed by atoms with Crippen LogP contribution in [-0.4, -0.2) is 73.0 Å². The molecule has 1 aliphatic rings.